The molecular weight excluding hydrogens is 378 g/mol. The Bertz CT molecular complexity index is 1010. The largest absolute Gasteiger partial charge is 0.379 e. The summed E-state index contributed by atoms with van der Waals surface area (Å²) in [6, 6.07) is 12.3. The summed E-state index contributed by atoms with van der Waals surface area (Å²) in [5.41, 5.74) is 1.95. The molecule has 27 heavy (non-hydrogen) atoms. The molecule has 1 aliphatic rings. The van der Waals surface area contributed by atoms with Crippen LogP contribution in [0, 0.1) is 3.95 Å². The lowest BCUT2D eigenvalue weighted by molar-refractivity contribution is 0.0370. The lowest BCUT2D eigenvalue weighted by Crippen LogP contribution is -2.37. The lowest BCUT2D eigenvalue weighted by Gasteiger charge is -2.26. The van der Waals surface area contributed by atoms with Crippen LogP contribution in [0.3, 0.4) is 0 Å². The van der Waals surface area contributed by atoms with E-state index in [1.807, 2.05) is 18.2 Å². The zero-order valence-corrected chi connectivity index (χ0v) is 16.6. The van der Waals surface area contributed by atoms with E-state index in [-0.39, 0.29) is 5.78 Å². The number of rotatable bonds is 6. The van der Waals surface area contributed by atoms with Gasteiger partial charge in [-0.3, -0.25) is 14.8 Å². The predicted molar refractivity (Wildman–Crippen MR) is 110 cm³/mol. The molecule has 1 aromatic heterocycles. The van der Waals surface area contributed by atoms with Gasteiger partial charge in [0.1, 0.15) is 5.01 Å². The smallest absolute Gasteiger partial charge is 0.176 e. The van der Waals surface area contributed by atoms with Crippen LogP contribution in [0.2, 0.25) is 0 Å². The number of aromatic amines is 1. The second-order valence-electron chi connectivity index (χ2n) is 6.71. The molecule has 1 saturated heterocycles. The molecule has 7 heteroatoms. The summed E-state index contributed by atoms with van der Waals surface area (Å²) < 4.78 is 6.05. The van der Waals surface area contributed by atoms with Crippen molar-refractivity contribution in [3.8, 4) is 0 Å². The van der Waals surface area contributed by atoms with Crippen LogP contribution in [0.1, 0.15) is 27.3 Å². The van der Waals surface area contributed by atoms with Crippen LogP contribution < -0.4 is 0 Å². The maximum absolute atomic E-state index is 12.6. The summed E-state index contributed by atoms with van der Waals surface area (Å²) in [5, 5.41) is 10.2. The van der Waals surface area contributed by atoms with E-state index in [0.717, 1.165) is 66.2 Å². The predicted octanol–water partition coefficient (Wildman–Crippen LogP) is 3.85. The van der Waals surface area contributed by atoms with Gasteiger partial charge in [-0.15, -0.1) is 0 Å². The Labute approximate surface area is 167 Å². The molecule has 0 saturated carbocycles. The third-order valence-corrected chi connectivity index (χ3v) is 5.91. The first-order chi connectivity index (χ1) is 13.2. The van der Waals surface area contributed by atoms with Crippen molar-refractivity contribution in [2.75, 3.05) is 32.8 Å². The molecule has 0 aliphatic carbocycles. The average molecular weight is 400 g/mol. The standard InChI is InChI=1S/C20H21N3O2S2/c24-18(5-6-23-7-9-25-10-8-23)16-4-3-15-2-1-14(11-17(15)13-16)12-19-21-22-20(26)27-19/h1-4,11,13H,5-10,12H2,(H,22,26). The number of nitrogens with one attached hydrogen (secondary N) is 1. The van der Waals surface area contributed by atoms with Crippen LogP contribution in [0.4, 0.5) is 0 Å². The van der Waals surface area contributed by atoms with Gasteiger partial charge in [-0.2, -0.15) is 5.10 Å². The molecule has 140 valence electrons. The van der Waals surface area contributed by atoms with Gasteiger partial charge in [0, 0.05) is 38.0 Å². The molecule has 0 bridgehead atoms. The highest BCUT2D eigenvalue weighted by molar-refractivity contribution is 7.73. The van der Waals surface area contributed by atoms with E-state index < -0.39 is 0 Å². The van der Waals surface area contributed by atoms with E-state index in [2.05, 4.69) is 33.3 Å². The van der Waals surface area contributed by atoms with Gasteiger partial charge in [-0.25, -0.2) is 0 Å². The number of fused-ring (bicyclic) bond motifs is 1. The third kappa shape index (κ3) is 4.68. The van der Waals surface area contributed by atoms with Crippen molar-refractivity contribution >= 4 is 40.1 Å². The number of hydrogen-bond acceptors (Lipinski definition) is 6. The quantitative estimate of drug-likeness (QED) is 0.504. The number of ether oxygens (including phenoxy) is 1. The van der Waals surface area contributed by atoms with Crippen LogP contribution in [0.5, 0.6) is 0 Å². The Balaban J connectivity index is 1.48. The van der Waals surface area contributed by atoms with Gasteiger partial charge in [0.2, 0.25) is 0 Å². The van der Waals surface area contributed by atoms with Gasteiger partial charge >= 0.3 is 0 Å². The van der Waals surface area contributed by atoms with Crippen molar-refractivity contribution in [3.63, 3.8) is 0 Å². The number of carbonyl (C=O) groups excluding carboxylic acids is 1. The van der Waals surface area contributed by atoms with Crippen LogP contribution in [-0.4, -0.2) is 53.7 Å². The SMILES string of the molecule is O=C(CCN1CCOCC1)c1ccc2ccc(Cc3n[nH]c(=S)s3)cc2c1. The first-order valence-electron chi connectivity index (χ1n) is 9.08. The number of aromatic nitrogens is 2. The summed E-state index contributed by atoms with van der Waals surface area (Å²) in [7, 11) is 0. The molecule has 2 aromatic carbocycles. The zero-order valence-electron chi connectivity index (χ0n) is 14.9. The Hall–Kier alpha value is -1.93. The summed E-state index contributed by atoms with van der Waals surface area (Å²) in [4.78, 5) is 14.9. The van der Waals surface area contributed by atoms with E-state index in [1.165, 1.54) is 11.3 Å². The number of benzene rings is 2. The zero-order chi connectivity index (χ0) is 18.6. The van der Waals surface area contributed by atoms with E-state index in [0.29, 0.717) is 10.4 Å². The Morgan fingerprint density at radius 3 is 2.78 bits per heavy atom. The number of carbonyl (C=O) groups is 1. The van der Waals surface area contributed by atoms with Crippen molar-refractivity contribution < 1.29 is 9.53 Å². The van der Waals surface area contributed by atoms with Crippen molar-refractivity contribution in [3.05, 3.63) is 56.5 Å². The highest BCUT2D eigenvalue weighted by atomic mass is 32.1. The van der Waals surface area contributed by atoms with Crippen LogP contribution in [0.15, 0.2) is 36.4 Å². The minimum atomic E-state index is 0.194. The van der Waals surface area contributed by atoms with Crippen molar-refractivity contribution in [1.29, 1.82) is 0 Å². The molecule has 0 amide bonds. The monoisotopic (exact) mass is 399 g/mol. The van der Waals surface area contributed by atoms with Gasteiger partial charge in [-0.1, -0.05) is 41.7 Å². The van der Waals surface area contributed by atoms with Crippen molar-refractivity contribution in [2.45, 2.75) is 12.8 Å². The molecular formula is C20H21N3O2S2. The molecule has 1 fully saturated rings. The minimum absolute atomic E-state index is 0.194. The molecule has 1 N–H and O–H groups in total. The number of Topliss-reactive ketones (excluding diaryl/α,β-unsaturated/α-hetero) is 1. The highest BCUT2D eigenvalue weighted by Gasteiger charge is 2.13. The Morgan fingerprint density at radius 1 is 1.19 bits per heavy atom. The normalized spacial score (nSPS) is 15.3. The molecule has 0 atom stereocenters. The van der Waals surface area contributed by atoms with E-state index in [1.54, 1.807) is 0 Å². The van der Waals surface area contributed by atoms with E-state index >= 15 is 0 Å². The van der Waals surface area contributed by atoms with Gasteiger partial charge in [0.15, 0.2) is 9.74 Å². The fraction of sp³-hybridized carbons (Fsp3) is 0.350. The fourth-order valence-corrected chi connectivity index (χ4v) is 4.29. The molecule has 0 spiro atoms. The summed E-state index contributed by atoms with van der Waals surface area (Å²) in [6.07, 6.45) is 1.28. The first-order valence-corrected chi connectivity index (χ1v) is 10.3. The number of hydrogen-bond donors (Lipinski definition) is 1. The van der Waals surface area contributed by atoms with Crippen LogP contribution >= 0.6 is 23.6 Å². The minimum Gasteiger partial charge on any atom is -0.379 e. The van der Waals surface area contributed by atoms with Gasteiger partial charge in [0.05, 0.1) is 13.2 Å². The van der Waals surface area contributed by atoms with Gasteiger partial charge < -0.3 is 4.74 Å². The van der Waals surface area contributed by atoms with E-state index in [9.17, 15) is 4.79 Å². The third-order valence-electron chi connectivity index (χ3n) is 4.82. The topological polar surface area (TPSA) is 58.2 Å². The second kappa shape index (κ2) is 8.39. The number of morpholine rings is 1. The van der Waals surface area contributed by atoms with Gasteiger partial charge in [0.25, 0.3) is 0 Å². The molecule has 5 nitrogen and oxygen atoms in total. The maximum atomic E-state index is 12.6. The summed E-state index contributed by atoms with van der Waals surface area (Å²) in [5.74, 6) is 0.194. The van der Waals surface area contributed by atoms with Crippen LogP contribution in [0.25, 0.3) is 10.8 Å². The number of H-pyrrole nitrogens is 1. The fourth-order valence-electron chi connectivity index (χ4n) is 3.32. The molecule has 3 aromatic rings. The molecule has 4 rings (SSSR count). The van der Waals surface area contributed by atoms with Crippen molar-refractivity contribution in [2.24, 2.45) is 0 Å². The first kappa shape index (κ1) is 18.4. The van der Waals surface area contributed by atoms with Gasteiger partial charge in [-0.05, 0) is 34.6 Å². The Kier molecular flexibility index (Phi) is 5.73. The molecule has 0 radical (unpaired) electrons. The highest BCUT2D eigenvalue weighted by Crippen LogP contribution is 2.21. The number of nitrogens with zero attached hydrogens (tertiary/aromatic N) is 2. The summed E-state index contributed by atoms with van der Waals surface area (Å²) >= 11 is 6.59. The lowest BCUT2D eigenvalue weighted by atomic mass is 10.00. The maximum Gasteiger partial charge on any atom is 0.176 e. The average Bonchev–Trinajstić information content (AvgIpc) is 3.11. The molecule has 2 heterocycles. The Morgan fingerprint density at radius 2 is 2.00 bits per heavy atom. The van der Waals surface area contributed by atoms with Crippen molar-refractivity contribution in [1.82, 2.24) is 15.1 Å². The molecule has 1 aliphatic heterocycles. The van der Waals surface area contributed by atoms with Crippen LogP contribution in [-0.2, 0) is 11.2 Å². The number of ketones is 1. The second-order valence-corrected chi connectivity index (χ2v) is 8.46. The summed E-state index contributed by atoms with van der Waals surface area (Å²) in [6.45, 7) is 4.14. The molecule has 0 unspecified atom stereocenters. The van der Waals surface area contributed by atoms with E-state index in [4.69, 9.17) is 17.0 Å².